The molecule has 2 atom stereocenters. The van der Waals surface area contributed by atoms with E-state index in [-0.39, 0.29) is 12.0 Å². The summed E-state index contributed by atoms with van der Waals surface area (Å²) in [6.45, 7) is 9.97. The lowest BCUT2D eigenvalue weighted by molar-refractivity contribution is -0.149. The Hall–Kier alpha value is -1.44. The molecule has 7 heteroatoms. The van der Waals surface area contributed by atoms with Crippen LogP contribution in [0.4, 0.5) is 0 Å². The van der Waals surface area contributed by atoms with E-state index >= 15 is 0 Å². The highest BCUT2D eigenvalue weighted by Gasteiger charge is 2.32. The summed E-state index contributed by atoms with van der Waals surface area (Å²) in [7, 11) is -3.50. The molecular weight excluding hydrogens is 352 g/mol. The Morgan fingerprint density at radius 3 is 2.15 bits per heavy atom. The largest absolute Gasteiger partial charge is 0.465 e. The molecule has 1 fully saturated rings. The molecule has 6 nitrogen and oxygen atoms in total. The standard InChI is InChI=1S/C19H30N2O4S/c1-5-15(3)17-7-9-18(10-8-17)26(23,24)21-13-11-20(12-14-21)16(4)19(22)25-6-2/h7-10,15-16H,5-6,11-14H2,1-4H3. The fraction of sp³-hybridized carbons (Fsp3) is 0.632. The van der Waals surface area contributed by atoms with Crippen LogP contribution in [0.25, 0.3) is 0 Å². The van der Waals surface area contributed by atoms with Crippen LogP contribution in [0.3, 0.4) is 0 Å². The Morgan fingerprint density at radius 2 is 1.65 bits per heavy atom. The summed E-state index contributed by atoms with van der Waals surface area (Å²) in [4.78, 5) is 14.2. The maximum atomic E-state index is 12.9. The second-order valence-corrected chi connectivity index (χ2v) is 8.68. The first-order chi connectivity index (χ1) is 12.3. The van der Waals surface area contributed by atoms with Crippen molar-refractivity contribution in [1.82, 2.24) is 9.21 Å². The predicted molar refractivity (Wildman–Crippen MR) is 102 cm³/mol. The van der Waals surface area contributed by atoms with Gasteiger partial charge in [0.15, 0.2) is 0 Å². The minimum atomic E-state index is -3.50. The fourth-order valence-corrected chi connectivity index (χ4v) is 4.52. The maximum absolute atomic E-state index is 12.9. The number of carbonyl (C=O) groups excluding carboxylic acids is 1. The van der Waals surface area contributed by atoms with Crippen LogP contribution >= 0.6 is 0 Å². The van der Waals surface area contributed by atoms with Crippen LogP contribution in [0.5, 0.6) is 0 Å². The second-order valence-electron chi connectivity index (χ2n) is 6.75. The van der Waals surface area contributed by atoms with E-state index in [1.165, 1.54) is 4.31 Å². The molecule has 1 heterocycles. The lowest BCUT2D eigenvalue weighted by Gasteiger charge is -2.36. The van der Waals surface area contributed by atoms with E-state index in [4.69, 9.17) is 4.74 Å². The zero-order valence-corrected chi connectivity index (χ0v) is 17.0. The topological polar surface area (TPSA) is 66.9 Å². The van der Waals surface area contributed by atoms with Crippen LogP contribution in [-0.2, 0) is 19.6 Å². The minimum absolute atomic E-state index is 0.260. The summed E-state index contributed by atoms with van der Waals surface area (Å²) < 4.78 is 32.3. The normalized spacial score (nSPS) is 19.1. The van der Waals surface area contributed by atoms with Gasteiger partial charge in [0.05, 0.1) is 11.5 Å². The molecule has 2 rings (SSSR count). The molecule has 0 bridgehead atoms. The zero-order valence-electron chi connectivity index (χ0n) is 16.1. The van der Waals surface area contributed by atoms with Crippen molar-refractivity contribution in [3.63, 3.8) is 0 Å². The second kappa shape index (κ2) is 8.97. The van der Waals surface area contributed by atoms with Crippen LogP contribution in [0.1, 0.15) is 45.6 Å². The van der Waals surface area contributed by atoms with Gasteiger partial charge in [0, 0.05) is 26.2 Å². The average Bonchev–Trinajstić information content (AvgIpc) is 2.67. The highest BCUT2D eigenvalue weighted by Crippen LogP contribution is 2.23. The van der Waals surface area contributed by atoms with Gasteiger partial charge in [0.2, 0.25) is 10.0 Å². The molecule has 1 aromatic rings. The van der Waals surface area contributed by atoms with E-state index in [2.05, 4.69) is 13.8 Å². The number of sulfonamides is 1. The highest BCUT2D eigenvalue weighted by atomic mass is 32.2. The SMILES string of the molecule is CCOC(=O)C(C)N1CCN(S(=O)(=O)c2ccc(C(C)CC)cc2)CC1. The van der Waals surface area contributed by atoms with Crippen LogP contribution < -0.4 is 0 Å². The molecule has 0 radical (unpaired) electrons. The number of nitrogens with zero attached hydrogens (tertiary/aromatic N) is 2. The summed E-state index contributed by atoms with van der Waals surface area (Å²) >= 11 is 0. The Balaban J connectivity index is 2.02. The molecule has 1 aliphatic heterocycles. The number of piperazine rings is 1. The molecule has 0 amide bonds. The first-order valence-electron chi connectivity index (χ1n) is 9.32. The van der Waals surface area contributed by atoms with Crippen LogP contribution in [0, 0.1) is 0 Å². The van der Waals surface area contributed by atoms with Gasteiger partial charge in [-0.25, -0.2) is 8.42 Å². The van der Waals surface area contributed by atoms with E-state index in [9.17, 15) is 13.2 Å². The molecule has 1 saturated heterocycles. The van der Waals surface area contributed by atoms with Gasteiger partial charge in [-0.05, 0) is 43.9 Å². The van der Waals surface area contributed by atoms with Crippen molar-refractivity contribution in [2.75, 3.05) is 32.8 Å². The number of carbonyl (C=O) groups is 1. The van der Waals surface area contributed by atoms with E-state index in [1.54, 1.807) is 26.0 Å². The van der Waals surface area contributed by atoms with Gasteiger partial charge in [0.25, 0.3) is 0 Å². The van der Waals surface area contributed by atoms with Gasteiger partial charge >= 0.3 is 5.97 Å². The Kier molecular flexibility index (Phi) is 7.20. The number of hydrogen-bond acceptors (Lipinski definition) is 5. The number of benzene rings is 1. The van der Waals surface area contributed by atoms with Crippen LogP contribution in [0.15, 0.2) is 29.2 Å². The van der Waals surface area contributed by atoms with E-state index in [1.807, 2.05) is 17.0 Å². The monoisotopic (exact) mass is 382 g/mol. The third-order valence-corrected chi connectivity index (χ3v) is 7.06. The van der Waals surface area contributed by atoms with Crippen molar-refractivity contribution in [1.29, 1.82) is 0 Å². The molecule has 146 valence electrons. The summed E-state index contributed by atoms with van der Waals surface area (Å²) in [5.74, 6) is 0.157. The smallest absolute Gasteiger partial charge is 0.323 e. The summed E-state index contributed by atoms with van der Waals surface area (Å²) in [5.41, 5.74) is 1.15. The molecular formula is C19H30N2O4S. The third kappa shape index (κ3) is 4.64. The molecule has 1 aromatic carbocycles. The molecule has 26 heavy (non-hydrogen) atoms. The van der Waals surface area contributed by atoms with Gasteiger partial charge in [-0.15, -0.1) is 0 Å². The van der Waals surface area contributed by atoms with E-state index in [0.717, 1.165) is 12.0 Å². The zero-order chi connectivity index (χ0) is 19.3. The number of esters is 1. The summed E-state index contributed by atoms with van der Waals surface area (Å²) in [5, 5.41) is 0. The number of rotatable bonds is 7. The number of ether oxygens (including phenoxy) is 1. The van der Waals surface area contributed by atoms with Gasteiger partial charge < -0.3 is 4.74 Å². The lowest BCUT2D eigenvalue weighted by atomic mass is 9.99. The van der Waals surface area contributed by atoms with Crippen molar-refractivity contribution < 1.29 is 17.9 Å². The first-order valence-corrected chi connectivity index (χ1v) is 10.8. The molecule has 0 spiro atoms. The molecule has 0 aromatic heterocycles. The van der Waals surface area contributed by atoms with Gasteiger partial charge in [-0.2, -0.15) is 4.31 Å². The molecule has 0 aliphatic carbocycles. The first kappa shape index (κ1) is 20.9. The van der Waals surface area contributed by atoms with Crippen molar-refractivity contribution >= 4 is 16.0 Å². The maximum Gasteiger partial charge on any atom is 0.323 e. The van der Waals surface area contributed by atoms with Crippen molar-refractivity contribution in [3.05, 3.63) is 29.8 Å². The summed E-state index contributed by atoms with van der Waals surface area (Å²) in [6, 6.07) is 6.85. The van der Waals surface area contributed by atoms with Crippen molar-refractivity contribution in [2.24, 2.45) is 0 Å². The van der Waals surface area contributed by atoms with Gasteiger partial charge in [-0.3, -0.25) is 9.69 Å². The predicted octanol–water partition coefficient (Wildman–Crippen LogP) is 2.46. The Labute approximate surface area is 157 Å². The van der Waals surface area contributed by atoms with Crippen LogP contribution in [0.2, 0.25) is 0 Å². The quantitative estimate of drug-likeness (QED) is 0.678. The third-order valence-electron chi connectivity index (χ3n) is 5.15. The van der Waals surface area contributed by atoms with E-state index in [0.29, 0.717) is 43.6 Å². The molecule has 2 unspecified atom stereocenters. The Morgan fingerprint density at radius 1 is 1.08 bits per heavy atom. The molecule has 0 saturated carbocycles. The van der Waals surface area contributed by atoms with Crippen molar-refractivity contribution in [3.8, 4) is 0 Å². The average molecular weight is 383 g/mol. The van der Waals surface area contributed by atoms with Gasteiger partial charge in [0.1, 0.15) is 6.04 Å². The van der Waals surface area contributed by atoms with Crippen molar-refractivity contribution in [2.45, 2.75) is 51.0 Å². The molecule has 1 aliphatic rings. The summed E-state index contributed by atoms with van der Waals surface area (Å²) in [6.07, 6.45) is 1.02. The fourth-order valence-electron chi connectivity index (χ4n) is 3.10. The highest BCUT2D eigenvalue weighted by molar-refractivity contribution is 7.89. The minimum Gasteiger partial charge on any atom is -0.465 e. The van der Waals surface area contributed by atoms with E-state index < -0.39 is 10.0 Å². The van der Waals surface area contributed by atoms with Crippen LogP contribution in [-0.4, -0.2) is 62.4 Å². The molecule has 0 N–H and O–H groups in total. The Bertz CT molecular complexity index is 695. The van der Waals surface area contributed by atoms with Gasteiger partial charge in [-0.1, -0.05) is 26.0 Å². The lowest BCUT2D eigenvalue weighted by Crippen LogP contribution is -2.53. The number of hydrogen-bond donors (Lipinski definition) is 0.